The van der Waals surface area contributed by atoms with Gasteiger partial charge in [0.2, 0.25) is 0 Å². The molecule has 0 bridgehead atoms. The van der Waals surface area contributed by atoms with Gasteiger partial charge in [0.05, 0.1) is 0 Å². The molecule has 0 radical (unpaired) electrons. The van der Waals surface area contributed by atoms with E-state index in [2.05, 4.69) is 93.7 Å². The molecule has 0 aromatic carbocycles. The molecule has 0 heterocycles. The Morgan fingerprint density at radius 3 is 0.877 bits per heavy atom. The van der Waals surface area contributed by atoms with Crippen molar-refractivity contribution in [2.24, 2.45) is 0 Å². The fourth-order valence-corrected chi connectivity index (χ4v) is 8.98. The molecule has 73 heavy (non-hydrogen) atoms. The second-order valence-electron chi connectivity index (χ2n) is 20.9. The van der Waals surface area contributed by atoms with Gasteiger partial charge in [0, 0.05) is 19.3 Å². The number of allylic oxidation sites excluding steroid dienone is 12. The number of carbonyl (C=O) groups is 3. The molecule has 422 valence electrons. The fraction of sp³-hybridized carbons (Fsp3) is 0.776. The van der Waals surface area contributed by atoms with E-state index in [1.165, 1.54) is 167 Å². The Labute approximate surface area is 453 Å². The highest BCUT2D eigenvalue weighted by molar-refractivity contribution is 5.71. The molecule has 0 saturated carbocycles. The smallest absolute Gasteiger partial charge is 0.306 e. The van der Waals surface area contributed by atoms with E-state index in [1.54, 1.807) is 0 Å². The summed E-state index contributed by atoms with van der Waals surface area (Å²) in [5.41, 5.74) is 0. The SMILES string of the molecule is CC/C=C\C/C=C\C/C=C\C/C=C\CCCCCCCCCCCCCCCCCCCCC(=O)OCC(COC(=O)CCCCCCCCCCCC)OC(=O)CCCCCCC/C=C\C/C=C\CCCC. The van der Waals surface area contributed by atoms with Crippen molar-refractivity contribution < 1.29 is 28.6 Å². The van der Waals surface area contributed by atoms with E-state index in [-0.39, 0.29) is 31.1 Å². The van der Waals surface area contributed by atoms with Crippen LogP contribution in [0.1, 0.15) is 316 Å². The molecule has 0 amide bonds. The lowest BCUT2D eigenvalue weighted by Crippen LogP contribution is -2.30. The van der Waals surface area contributed by atoms with E-state index in [1.807, 2.05) is 0 Å². The molecule has 6 heteroatoms. The summed E-state index contributed by atoms with van der Waals surface area (Å²) < 4.78 is 16.9. The van der Waals surface area contributed by atoms with Gasteiger partial charge in [-0.25, -0.2) is 0 Å². The minimum Gasteiger partial charge on any atom is -0.462 e. The van der Waals surface area contributed by atoms with Crippen LogP contribution in [0.15, 0.2) is 72.9 Å². The van der Waals surface area contributed by atoms with Crippen molar-refractivity contribution in [3.8, 4) is 0 Å². The van der Waals surface area contributed by atoms with Crippen molar-refractivity contribution >= 4 is 17.9 Å². The van der Waals surface area contributed by atoms with E-state index in [0.717, 1.165) is 109 Å². The zero-order valence-corrected chi connectivity index (χ0v) is 48.4. The van der Waals surface area contributed by atoms with Crippen LogP contribution in [-0.4, -0.2) is 37.2 Å². The van der Waals surface area contributed by atoms with Crippen molar-refractivity contribution in [3.63, 3.8) is 0 Å². The fourth-order valence-electron chi connectivity index (χ4n) is 8.98. The van der Waals surface area contributed by atoms with Gasteiger partial charge in [-0.2, -0.15) is 0 Å². The number of unbranched alkanes of at least 4 members (excludes halogenated alkanes) is 34. The lowest BCUT2D eigenvalue weighted by atomic mass is 10.0. The summed E-state index contributed by atoms with van der Waals surface area (Å²) in [6.07, 6.45) is 79.3. The first kappa shape index (κ1) is 69.8. The van der Waals surface area contributed by atoms with Crippen molar-refractivity contribution in [1.29, 1.82) is 0 Å². The third-order valence-corrected chi connectivity index (χ3v) is 13.7. The number of rotatable bonds is 57. The van der Waals surface area contributed by atoms with Gasteiger partial charge in [-0.15, -0.1) is 0 Å². The third kappa shape index (κ3) is 59.6. The summed E-state index contributed by atoms with van der Waals surface area (Å²) in [5, 5.41) is 0. The minimum atomic E-state index is -0.778. The van der Waals surface area contributed by atoms with Gasteiger partial charge in [0.25, 0.3) is 0 Å². The summed E-state index contributed by atoms with van der Waals surface area (Å²) in [6, 6.07) is 0. The maximum absolute atomic E-state index is 12.8. The van der Waals surface area contributed by atoms with Crippen LogP contribution in [0.5, 0.6) is 0 Å². The predicted octanol–water partition coefficient (Wildman–Crippen LogP) is 21.3. The monoisotopic (exact) mass is 1020 g/mol. The summed E-state index contributed by atoms with van der Waals surface area (Å²) in [6.45, 7) is 6.49. The van der Waals surface area contributed by atoms with E-state index in [0.29, 0.717) is 19.3 Å². The quantitative estimate of drug-likeness (QED) is 0.0261. The number of esters is 3. The first-order chi connectivity index (χ1) is 36.0. The molecule has 1 atom stereocenters. The second-order valence-corrected chi connectivity index (χ2v) is 20.9. The van der Waals surface area contributed by atoms with Crippen molar-refractivity contribution in [2.75, 3.05) is 13.2 Å². The summed E-state index contributed by atoms with van der Waals surface area (Å²) in [5.74, 6) is -0.879. The van der Waals surface area contributed by atoms with Gasteiger partial charge >= 0.3 is 17.9 Å². The first-order valence-electron chi connectivity index (χ1n) is 31.4. The summed E-state index contributed by atoms with van der Waals surface area (Å²) in [7, 11) is 0. The average Bonchev–Trinajstić information content (AvgIpc) is 3.39. The molecular weight excluding hydrogens is 901 g/mol. The van der Waals surface area contributed by atoms with Gasteiger partial charge in [-0.1, -0.05) is 286 Å². The van der Waals surface area contributed by atoms with Crippen LogP contribution in [0, 0.1) is 0 Å². The zero-order chi connectivity index (χ0) is 52.9. The Bertz CT molecular complexity index is 1360. The predicted molar refractivity (Wildman–Crippen MR) is 316 cm³/mol. The highest BCUT2D eigenvalue weighted by Crippen LogP contribution is 2.17. The van der Waals surface area contributed by atoms with Gasteiger partial charge in [-0.3, -0.25) is 14.4 Å². The summed E-state index contributed by atoms with van der Waals surface area (Å²) >= 11 is 0. The molecule has 0 aromatic rings. The summed E-state index contributed by atoms with van der Waals surface area (Å²) in [4.78, 5) is 38.1. The van der Waals surface area contributed by atoms with E-state index in [9.17, 15) is 14.4 Å². The molecule has 0 aromatic heterocycles. The number of hydrogen-bond donors (Lipinski definition) is 0. The third-order valence-electron chi connectivity index (χ3n) is 13.7. The normalized spacial score (nSPS) is 12.5. The minimum absolute atomic E-state index is 0.0764. The van der Waals surface area contributed by atoms with Crippen molar-refractivity contribution in [3.05, 3.63) is 72.9 Å². The molecule has 1 unspecified atom stereocenters. The van der Waals surface area contributed by atoms with Crippen LogP contribution in [0.4, 0.5) is 0 Å². The zero-order valence-electron chi connectivity index (χ0n) is 48.4. The molecule has 0 aliphatic carbocycles. The Hall–Kier alpha value is -3.15. The largest absolute Gasteiger partial charge is 0.462 e. The van der Waals surface area contributed by atoms with Gasteiger partial charge in [0.1, 0.15) is 13.2 Å². The number of carbonyl (C=O) groups excluding carboxylic acids is 3. The van der Waals surface area contributed by atoms with E-state index in [4.69, 9.17) is 14.2 Å². The van der Waals surface area contributed by atoms with Gasteiger partial charge in [0.15, 0.2) is 6.10 Å². The molecule has 0 aliphatic heterocycles. The van der Waals surface area contributed by atoms with Crippen LogP contribution >= 0.6 is 0 Å². The average molecular weight is 1020 g/mol. The Balaban J connectivity index is 4.09. The van der Waals surface area contributed by atoms with Crippen LogP contribution in [0.2, 0.25) is 0 Å². The Kier molecular flexibility index (Phi) is 58.7. The Morgan fingerprint density at radius 1 is 0.288 bits per heavy atom. The first-order valence-corrected chi connectivity index (χ1v) is 31.4. The van der Waals surface area contributed by atoms with E-state index >= 15 is 0 Å². The Morgan fingerprint density at radius 2 is 0.548 bits per heavy atom. The highest BCUT2D eigenvalue weighted by Gasteiger charge is 2.19. The number of ether oxygens (including phenoxy) is 3. The topological polar surface area (TPSA) is 78.9 Å². The number of hydrogen-bond acceptors (Lipinski definition) is 6. The van der Waals surface area contributed by atoms with Crippen LogP contribution in [-0.2, 0) is 28.6 Å². The van der Waals surface area contributed by atoms with E-state index < -0.39 is 6.10 Å². The molecule has 6 nitrogen and oxygen atoms in total. The van der Waals surface area contributed by atoms with Crippen molar-refractivity contribution in [1.82, 2.24) is 0 Å². The van der Waals surface area contributed by atoms with Crippen LogP contribution < -0.4 is 0 Å². The van der Waals surface area contributed by atoms with Crippen molar-refractivity contribution in [2.45, 2.75) is 322 Å². The van der Waals surface area contributed by atoms with Gasteiger partial charge in [-0.05, 0) is 83.5 Å². The van der Waals surface area contributed by atoms with Crippen LogP contribution in [0.3, 0.4) is 0 Å². The maximum atomic E-state index is 12.8. The molecule has 0 spiro atoms. The second kappa shape index (κ2) is 61.4. The molecule has 0 rings (SSSR count). The molecule has 0 aliphatic rings. The van der Waals surface area contributed by atoms with Crippen LogP contribution in [0.25, 0.3) is 0 Å². The lowest BCUT2D eigenvalue weighted by Gasteiger charge is -2.18. The lowest BCUT2D eigenvalue weighted by molar-refractivity contribution is -0.167. The van der Waals surface area contributed by atoms with Gasteiger partial charge < -0.3 is 14.2 Å². The molecule has 0 saturated heterocycles. The maximum Gasteiger partial charge on any atom is 0.306 e. The highest BCUT2D eigenvalue weighted by atomic mass is 16.6. The molecule has 0 N–H and O–H groups in total. The molecular formula is C67H118O6. The standard InChI is InChI=1S/C67H118O6/c1-4-7-10-13-16-19-22-24-26-27-28-29-30-31-32-33-34-35-36-37-38-39-40-41-42-44-45-48-51-54-57-60-66(69)72-63-64(62-71-65(68)59-56-53-50-47-21-18-15-12-9-6-3)73-67(70)61-58-55-52-49-46-43-25-23-20-17-14-11-8-5-2/h7,10,14,16-17,19,23-26,28-29,64H,4-6,8-9,11-13,15,18,20-22,27,30-63H2,1-3H3/b10-7-,17-14-,19-16-,25-23-,26-24-,29-28-. The molecule has 0 fully saturated rings.